The Morgan fingerprint density at radius 1 is 0.800 bits per heavy atom. The topological polar surface area (TPSA) is 164 Å². The number of hydrazine groups is 1. The van der Waals surface area contributed by atoms with Crippen LogP contribution in [0, 0.1) is 0 Å². The van der Waals surface area contributed by atoms with Crippen molar-refractivity contribution in [2.24, 2.45) is 5.84 Å². The SMILES string of the molecule is Nc1ccc(C2=C(c3ccccc3)N2N)c(S(=O)(=O)O)c1S(=O)(=O)O. The number of rotatable bonds is 4. The highest BCUT2D eigenvalue weighted by Gasteiger charge is 2.40. The standard InChI is InChI=1S/C14H13N3O6S2/c15-10-7-6-9(13(24(18,19)20)14(10)25(21,22)23)12-11(17(12)16)8-4-2-1-3-5-8/h1-7H,15-16H2,(H,18,19,20)(H,21,22,23). The summed E-state index contributed by atoms with van der Waals surface area (Å²) in [5.74, 6) is 5.82. The summed E-state index contributed by atoms with van der Waals surface area (Å²) in [6.45, 7) is 0. The first-order valence-electron chi connectivity index (χ1n) is 6.76. The molecule has 11 heteroatoms. The Kier molecular flexibility index (Phi) is 3.85. The molecule has 1 aliphatic heterocycles. The Hall–Kier alpha value is -2.44. The number of hydrogen-bond donors (Lipinski definition) is 4. The summed E-state index contributed by atoms with van der Waals surface area (Å²) in [5.41, 5.74) is 6.07. The largest absolute Gasteiger partial charge is 0.398 e. The Bertz CT molecular complexity index is 1110. The number of nitrogens with zero attached hydrogens (tertiary/aromatic N) is 1. The van der Waals surface area contributed by atoms with E-state index in [0.717, 1.165) is 11.1 Å². The molecule has 25 heavy (non-hydrogen) atoms. The third kappa shape index (κ3) is 2.99. The Labute approximate surface area is 143 Å². The average molecular weight is 383 g/mol. The van der Waals surface area contributed by atoms with Crippen LogP contribution in [0.25, 0.3) is 11.4 Å². The molecule has 0 aromatic heterocycles. The lowest BCUT2D eigenvalue weighted by atomic mass is 10.1. The van der Waals surface area contributed by atoms with Gasteiger partial charge in [-0.2, -0.15) is 16.8 Å². The molecule has 1 heterocycles. The van der Waals surface area contributed by atoms with Crippen LogP contribution < -0.4 is 11.6 Å². The molecule has 0 saturated heterocycles. The fraction of sp³-hybridized carbons (Fsp3) is 0. The summed E-state index contributed by atoms with van der Waals surface area (Å²) in [7, 11) is -10.1. The summed E-state index contributed by atoms with van der Waals surface area (Å²) in [6.07, 6.45) is 0. The lowest BCUT2D eigenvalue weighted by Gasteiger charge is -2.11. The van der Waals surface area contributed by atoms with Gasteiger partial charge >= 0.3 is 0 Å². The molecule has 0 amide bonds. The minimum Gasteiger partial charge on any atom is -0.398 e. The second-order valence-corrected chi connectivity index (χ2v) is 7.96. The highest BCUT2D eigenvalue weighted by Crippen LogP contribution is 2.47. The fourth-order valence-electron chi connectivity index (χ4n) is 2.59. The third-order valence-electron chi connectivity index (χ3n) is 3.62. The Morgan fingerprint density at radius 2 is 1.36 bits per heavy atom. The number of hydrogen-bond acceptors (Lipinski definition) is 7. The summed E-state index contributed by atoms with van der Waals surface area (Å²) < 4.78 is 65.6. The van der Waals surface area contributed by atoms with Gasteiger partial charge in [0, 0.05) is 11.1 Å². The molecular formula is C14H13N3O6S2. The van der Waals surface area contributed by atoms with Crippen LogP contribution in [0.4, 0.5) is 5.69 Å². The van der Waals surface area contributed by atoms with E-state index in [9.17, 15) is 25.9 Å². The van der Waals surface area contributed by atoms with Crippen LogP contribution in [0.15, 0.2) is 52.3 Å². The van der Waals surface area contributed by atoms with Crippen LogP contribution in [-0.4, -0.2) is 31.0 Å². The van der Waals surface area contributed by atoms with E-state index in [1.165, 1.54) is 6.07 Å². The van der Waals surface area contributed by atoms with Gasteiger partial charge in [0.2, 0.25) is 0 Å². The van der Waals surface area contributed by atoms with Crippen molar-refractivity contribution in [3.05, 3.63) is 53.6 Å². The van der Waals surface area contributed by atoms with Crippen LogP contribution in [0.5, 0.6) is 0 Å². The second-order valence-electron chi connectivity index (χ2n) is 5.24. The molecule has 132 valence electrons. The van der Waals surface area contributed by atoms with Crippen molar-refractivity contribution in [2.45, 2.75) is 9.79 Å². The number of benzene rings is 2. The highest BCUT2D eigenvalue weighted by atomic mass is 32.2. The van der Waals surface area contributed by atoms with E-state index >= 15 is 0 Å². The fourth-order valence-corrected chi connectivity index (χ4v) is 4.73. The first-order valence-corrected chi connectivity index (χ1v) is 9.64. The van der Waals surface area contributed by atoms with Crippen molar-refractivity contribution < 1.29 is 25.9 Å². The minimum atomic E-state index is -5.04. The maximum atomic E-state index is 11.8. The Balaban J connectivity index is 2.35. The molecule has 9 nitrogen and oxygen atoms in total. The van der Waals surface area contributed by atoms with Crippen LogP contribution in [0.1, 0.15) is 11.1 Å². The van der Waals surface area contributed by atoms with Crippen molar-refractivity contribution in [1.82, 2.24) is 5.01 Å². The van der Waals surface area contributed by atoms with E-state index in [-0.39, 0.29) is 11.3 Å². The van der Waals surface area contributed by atoms with Gasteiger partial charge in [-0.05, 0) is 12.1 Å². The summed E-state index contributed by atoms with van der Waals surface area (Å²) in [4.78, 5) is -2.11. The smallest absolute Gasteiger partial charge is 0.298 e. The zero-order valence-corrected chi connectivity index (χ0v) is 14.1. The predicted molar refractivity (Wildman–Crippen MR) is 89.8 cm³/mol. The minimum absolute atomic E-state index is 0.184. The zero-order valence-electron chi connectivity index (χ0n) is 12.5. The van der Waals surface area contributed by atoms with Gasteiger partial charge in [-0.1, -0.05) is 30.3 Å². The number of nitrogen functional groups attached to an aromatic ring is 1. The van der Waals surface area contributed by atoms with E-state index in [1.54, 1.807) is 30.3 Å². The molecule has 0 radical (unpaired) electrons. The summed E-state index contributed by atoms with van der Waals surface area (Å²) >= 11 is 0. The van der Waals surface area contributed by atoms with Crippen molar-refractivity contribution in [2.75, 3.05) is 5.73 Å². The van der Waals surface area contributed by atoms with E-state index in [0.29, 0.717) is 11.3 Å². The zero-order chi connectivity index (χ0) is 18.6. The van der Waals surface area contributed by atoms with Gasteiger partial charge in [-0.3, -0.25) is 14.1 Å². The van der Waals surface area contributed by atoms with Crippen molar-refractivity contribution in [3.8, 4) is 0 Å². The predicted octanol–water partition coefficient (Wildman–Crippen LogP) is 0.777. The summed E-state index contributed by atoms with van der Waals surface area (Å²) in [6, 6.07) is 11.0. The maximum absolute atomic E-state index is 11.8. The molecule has 2 aromatic carbocycles. The number of nitrogens with two attached hydrogens (primary N) is 2. The van der Waals surface area contributed by atoms with E-state index < -0.39 is 35.7 Å². The molecule has 0 atom stereocenters. The molecule has 0 bridgehead atoms. The van der Waals surface area contributed by atoms with Gasteiger partial charge in [0.15, 0.2) is 0 Å². The molecule has 0 saturated carbocycles. The lowest BCUT2D eigenvalue weighted by Crippen LogP contribution is -2.15. The van der Waals surface area contributed by atoms with Crippen LogP contribution >= 0.6 is 0 Å². The van der Waals surface area contributed by atoms with Crippen molar-refractivity contribution in [3.63, 3.8) is 0 Å². The van der Waals surface area contributed by atoms with Gasteiger partial charge in [0.25, 0.3) is 20.2 Å². The van der Waals surface area contributed by atoms with Crippen LogP contribution in [0.3, 0.4) is 0 Å². The maximum Gasteiger partial charge on any atom is 0.298 e. The van der Waals surface area contributed by atoms with E-state index in [1.807, 2.05) is 0 Å². The van der Waals surface area contributed by atoms with Crippen molar-refractivity contribution >= 4 is 37.3 Å². The molecule has 2 aromatic rings. The normalized spacial score (nSPS) is 14.8. The molecule has 1 aliphatic rings. The van der Waals surface area contributed by atoms with E-state index in [4.69, 9.17) is 11.6 Å². The number of anilines is 1. The monoisotopic (exact) mass is 383 g/mol. The average Bonchev–Trinajstić information content (AvgIpc) is 3.16. The second kappa shape index (κ2) is 5.54. The molecule has 0 aliphatic carbocycles. The molecule has 0 fully saturated rings. The van der Waals surface area contributed by atoms with Gasteiger partial charge in [0.05, 0.1) is 17.1 Å². The third-order valence-corrected chi connectivity index (χ3v) is 5.64. The molecule has 3 rings (SSSR count). The first-order chi connectivity index (χ1) is 11.5. The van der Waals surface area contributed by atoms with Crippen molar-refractivity contribution in [1.29, 1.82) is 0 Å². The molecule has 0 unspecified atom stereocenters. The highest BCUT2D eigenvalue weighted by molar-refractivity contribution is 7.89. The van der Waals surface area contributed by atoms with E-state index in [2.05, 4.69) is 0 Å². The van der Waals surface area contributed by atoms with Gasteiger partial charge < -0.3 is 5.73 Å². The summed E-state index contributed by atoms with van der Waals surface area (Å²) in [5, 5.41) is 1.14. The quantitative estimate of drug-likeness (QED) is 0.339. The molecule has 6 N–H and O–H groups in total. The van der Waals surface area contributed by atoms with Gasteiger partial charge in [-0.25, -0.2) is 5.84 Å². The van der Waals surface area contributed by atoms with Gasteiger partial charge in [0.1, 0.15) is 9.79 Å². The van der Waals surface area contributed by atoms with Gasteiger partial charge in [-0.15, -0.1) is 0 Å². The van der Waals surface area contributed by atoms with Crippen LogP contribution in [-0.2, 0) is 20.2 Å². The van der Waals surface area contributed by atoms with Crippen LogP contribution in [0.2, 0.25) is 0 Å². The first kappa shape index (κ1) is 17.4. The lowest BCUT2D eigenvalue weighted by molar-refractivity contribution is 0.466. The Morgan fingerprint density at radius 3 is 1.88 bits per heavy atom. The molecular weight excluding hydrogens is 370 g/mol. The molecule has 0 spiro atoms.